The third kappa shape index (κ3) is 3.67. The molecule has 0 bridgehead atoms. The fourth-order valence-corrected chi connectivity index (χ4v) is 2.20. The van der Waals surface area contributed by atoms with Crippen molar-refractivity contribution in [2.24, 2.45) is 0 Å². The molecule has 2 amide bonds. The van der Waals surface area contributed by atoms with Gasteiger partial charge in [-0.3, -0.25) is 4.79 Å². The molecule has 0 aliphatic carbocycles. The molecular weight excluding hydrogens is 252 g/mol. The van der Waals surface area contributed by atoms with Crippen LogP contribution in [-0.4, -0.2) is 51.3 Å². The van der Waals surface area contributed by atoms with E-state index in [4.69, 9.17) is 5.11 Å². The number of urea groups is 1. The third-order valence-corrected chi connectivity index (χ3v) is 3.08. The van der Waals surface area contributed by atoms with Crippen LogP contribution >= 0.6 is 0 Å². The summed E-state index contributed by atoms with van der Waals surface area (Å²) in [6.07, 6.45) is 3.30. The van der Waals surface area contributed by atoms with Crippen molar-refractivity contribution in [1.82, 2.24) is 20.4 Å². The van der Waals surface area contributed by atoms with Crippen LogP contribution in [0.4, 0.5) is 4.79 Å². The predicted octanol–water partition coefficient (Wildman–Crippen LogP) is 0.261. The maximum Gasteiger partial charge on any atom is 0.317 e. The molecule has 0 saturated carbocycles. The van der Waals surface area contributed by atoms with Crippen molar-refractivity contribution >= 4 is 12.0 Å². The molecule has 1 unspecified atom stereocenters. The first-order valence-corrected chi connectivity index (χ1v) is 6.18. The molecule has 1 fully saturated rings. The smallest absolute Gasteiger partial charge is 0.317 e. The van der Waals surface area contributed by atoms with Crippen LogP contribution in [-0.2, 0) is 11.2 Å². The Hall–Kier alpha value is -2.12. The lowest BCUT2D eigenvalue weighted by Gasteiger charge is -2.23. The van der Waals surface area contributed by atoms with Crippen LogP contribution in [0.1, 0.15) is 25.1 Å². The highest BCUT2D eigenvalue weighted by molar-refractivity contribution is 5.76. The van der Waals surface area contributed by atoms with Crippen LogP contribution in [0.15, 0.2) is 10.9 Å². The second-order valence-corrected chi connectivity index (χ2v) is 4.42. The van der Waals surface area contributed by atoms with Crippen molar-refractivity contribution < 1.29 is 19.2 Å². The number of hydrogen-bond donors (Lipinski definition) is 2. The lowest BCUT2D eigenvalue weighted by molar-refractivity contribution is -0.137. The molecule has 2 rings (SSSR count). The number of nitrogens with zero attached hydrogens (tertiary/aromatic N) is 3. The van der Waals surface area contributed by atoms with Gasteiger partial charge in [-0.15, -0.1) is 0 Å². The highest BCUT2D eigenvalue weighted by atomic mass is 16.5. The van der Waals surface area contributed by atoms with Crippen LogP contribution in [0.2, 0.25) is 0 Å². The van der Waals surface area contributed by atoms with Crippen LogP contribution < -0.4 is 5.32 Å². The maximum atomic E-state index is 11.9. The zero-order valence-electron chi connectivity index (χ0n) is 10.4. The summed E-state index contributed by atoms with van der Waals surface area (Å²) in [5.41, 5.74) is 0. The van der Waals surface area contributed by atoms with Crippen LogP contribution in [0, 0.1) is 0 Å². The Bertz CT molecular complexity index is 434. The van der Waals surface area contributed by atoms with Crippen molar-refractivity contribution in [3.8, 4) is 0 Å². The fourth-order valence-electron chi connectivity index (χ4n) is 2.20. The van der Waals surface area contributed by atoms with E-state index in [1.165, 1.54) is 6.39 Å². The quantitative estimate of drug-likeness (QED) is 0.793. The van der Waals surface area contributed by atoms with Crippen molar-refractivity contribution in [2.45, 2.75) is 31.7 Å². The zero-order chi connectivity index (χ0) is 13.7. The van der Waals surface area contributed by atoms with Gasteiger partial charge in [-0.05, 0) is 12.8 Å². The van der Waals surface area contributed by atoms with Gasteiger partial charge in [0.15, 0.2) is 5.82 Å². The number of aromatic nitrogens is 2. The van der Waals surface area contributed by atoms with E-state index in [9.17, 15) is 9.59 Å². The number of aliphatic carboxylic acids is 1. The number of amides is 2. The van der Waals surface area contributed by atoms with Gasteiger partial charge >= 0.3 is 12.0 Å². The van der Waals surface area contributed by atoms with E-state index in [-0.39, 0.29) is 18.5 Å². The van der Waals surface area contributed by atoms with Crippen LogP contribution in [0.5, 0.6) is 0 Å². The Morgan fingerprint density at radius 1 is 1.58 bits per heavy atom. The summed E-state index contributed by atoms with van der Waals surface area (Å²) < 4.78 is 4.58. The number of carbonyl (C=O) groups excluding carboxylic acids is 1. The third-order valence-electron chi connectivity index (χ3n) is 3.08. The largest absolute Gasteiger partial charge is 0.481 e. The monoisotopic (exact) mass is 268 g/mol. The summed E-state index contributed by atoms with van der Waals surface area (Å²) >= 11 is 0. The first-order chi connectivity index (χ1) is 9.16. The lowest BCUT2D eigenvalue weighted by Crippen LogP contribution is -2.44. The average molecular weight is 268 g/mol. The Morgan fingerprint density at radius 3 is 3.11 bits per heavy atom. The molecule has 8 nitrogen and oxygen atoms in total. The normalized spacial score (nSPS) is 18.5. The second-order valence-electron chi connectivity index (χ2n) is 4.42. The van der Waals surface area contributed by atoms with Gasteiger partial charge in [-0.1, -0.05) is 5.16 Å². The SMILES string of the molecule is O=C(O)CC1CCCN1C(=O)NCCc1ncon1. The van der Waals surface area contributed by atoms with E-state index in [2.05, 4.69) is 20.0 Å². The molecule has 0 aromatic carbocycles. The van der Waals surface area contributed by atoms with E-state index >= 15 is 0 Å². The number of carboxylic acid groups (broad SMARTS) is 1. The Morgan fingerprint density at radius 2 is 2.42 bits per heavy atom. The second kappa shape index (κ2) is 6.17. The summed E-state index contributed by atoms with van der Waals surface area (Å²) in [5, 5.41) is 15.2. The van der Waals surface area contributed by atoms with E-state index in [1.54, 1.807) is 4.90 Å². The number of carboxylic acids is 1. The molecule has 0 spiro atoms. The molecule has 19 heavy (non-hydrogen) atoms. The molecule has 1 aromatic heterocycles. The topological polar surface area (TPSA) is 109 Å². The zero-order valence-corrected chi connectivity index (χ0v) is 10.4. The van der Waals surface area contributed by atoms with Crippen molar-refractivity contribution in [3.05, 3.63) is 12.2 Å². The first-order valence-electron chi connectivity index (χ1n) is 6.18. The molecule has 2 N–H and O–H groups in total. The predicted molar refractivity (Wildman–Crippen MR) is 63.4 cm³/mol. The Balaban J connectivity index is 1.77. The Kier molecular flexibility index (Phi) is 4.32. The van der Waals surface area contributed by atoms with Crippen LogP contribution in [0.3, 0.4) is 0 Å². The molecule has 1 aromatic rings. The van der Waals surface area contributed by atoms with Crippen molar-refractivity contribution in [1.29, 1.82) is 0 Å². The highest BCUT2D eigenvalue weighted by Gasteiger charge is 2.30. The summed E-state index contributed by atoms with van der Waals surface area (Å²) in [6.45, 7) is 1.00. The van der Waals surface area contributed by atoms with Gasteiger partial charge in [0.1, 0.15) is 0 Å². The van der Waals surface area contributed by atoms with Gasteiger partial charge in [0.2, 0.25) is 6.39 Å². The summed E-state index contributed by atoms with van der Waals surface area (Å²) in [7, 11) is 0. The minimum absolute atomic E-state index is 0.00172. The standard InChI is InChI=1S/C11H16N4O4/c16-10(17)6-8-2-1-5-15(8)11(18)12-4-3-9-13-7-19-14-9/h7-8H,1-6H2,(H,12,18)(H,16,17). The molecule has 1 aliphatic rings. The molecule has 104 valence electrons. The van der Waals surface area contributed by atoms with Crippen molar-refractivity contribution in [2.75, 3.05) is 13.1 Å². The molecule has 2 heterocycles. The average Bonchev–Trinajstić information content (AvgIpc) is 2.99. The lowest BCUT2D eigenvalue weighted by atomic mass is 10.1. The molecule has 8 heteroatoms. The molecule has 1 atom stereocenters. The summed E-state index contributed by atoms with van der Waals surface area (Å²) in [6, 6.07) is -0.435. The van der Waals surface area contributed by atoms with E-state index in [0.29, 0.717) is 25.3 Å². The molecule has 1 saturated heterocycles. The van der Waals surface area contributed by atoms with Gasteiger partial charge < -0.3 is 19.8 Å². The molecule has 0 radical (unpaired) electrons. The molecular formula is C11H16N4O4. The van der Waals surface area contributed by atoms with Gasteiger partial charge in [0, 0.05) is 25.6 Å². The Labute approximate surface area is 109 Å². The van der Waals surface area contributed by atoms with Gasteiger partial charge in [-0.2, -0.15) is 4.98 Å². The van der Waals surface area contributed by atoms with E-state index < -0.39 is 5.97 Å². The van der Waals surface area contributed by atoms with Crippen LogP contribution in [0.25, 0.3) is 0 Å². The maximum absolute atomic E-state index is 11.9. The highest BCUT2D eigenvalue weighted by Crippen LogP contribution is 2.19. The van der Waals surface area contributed by atoms with Crippen molar-refractivity contribution in [3.63, 3.8) is 0 Å². The number of hydrogen-bond acceptors (Lipinski definition) is 5. The fraction of sp³-hybridized carbons (Fsp3) is 0.636. The minimum atomic E-state index is -0.878. The summed E-state index contributed by atoms with van der Waals surface area (Å²) in [5.74, 6) is -0.347. The van der Waals surface area contributed by atoms with Gasteiger partial charge in [0.05, 0.1) is 6.42 Å². The van der Waals surface area contributed by atoms with E-state index in [0.717, 1.165) is 12.8 Å². The van der Waals surface area contributed by atoms with Gasteiger partial charge in [0.25, 0.3) is 0 Å². The summed E-state index contributed by atoms with van der Waals surface area (Å²) in [4.78, 5) is 28.1. The van der Waals surface area contributed by atoms with E-state index in [1.807, 2.05) is 0 Å². The number of rotatable bonds is 5. The number of carbonyl (C=O) groups is 2. The number of likely N-dealkylation sites (tertiary alicyclic amines) is 1. The first kappa shape index (κ1) is 13.3. The van der Waals surface area contributed by atoms with Gasteiger partial charge in [-0.25, -0.2) is 4.79 Å². The number of nitrogens with one attached hydrogen (secondary N) is 1. The minimum Gasteiger partial charge on any atom is -0.481 e. The molecule has 1 aliphatic heterocycles.